The lowest BCUT2D eigenvalue weighted by atomic mass is 9.91. The van der Waals surface area contributed by atoms with Crippen molar-refractivity contribution in [2.75, 3.05) is 31.7 Å². The maximum Gasteiger partial charge on any atom is 0.151 e. The van der Waals surface area contributed by atoms with Gasteiger partial charge in [-0.1, -0.05) is 0 Å². The van der Waals surface area contributed by atoms with Crippen LogP contribution in [0.4, 0.5) is 5.82 Å². The van der Waals surface area contributed by atoms with Gasteiger partial charge in [-0.2, -0.15) is 5.10 Å². The largest absolute Gasteiger partial charge is 0.396 e. The molecule has 0 bridgehead atoms. The third-order valence-electron chi connectivity index (χ3n) is 3.61. The van der Waals surface area contributed by atoms with E-state index in [2.05, 4.69) is 15.1 Å². The Morgan fingerprint density at radius 1 is 1.44 bits per heavy atom. The number of nitrogens with zero attached hydrogens (tertiary/aromatic N) is 3. The summed E-state index contributed by atoms with van der Waals surface area (Å²) < 4.78 is 5.53. The minimum absolute atomic E-state index is 0.161. The van der Waals surface area contributed by atoms with Crippen LogP contribution in [0.3, 0.4) is 0 Å². The molecule has 0 radical (unpaired) electrons. The number of hydrogen-bond acceptors (Lipinski definition) is 5. The number of aliphatic hydroxyl groups is 1. The number of piperidine rings is 1. The van der Waals surface area contributed by atoms with E-state index < -0.39 is 0 Å². The first-order valence-electron chi connectivity index (χ1n) is 6.43. The van der Waals surface area contributed by atoms with E-state index >= 15 is 0 Å². The predicted molar refractivity (Wildman–Crippen MR) is 69.6 cm³/mol. The number of aromatic nitrogens is 2. The second kappa shape index (κ2) is 6.11. The zero-order valence-corrected chi connectivity index (χ0v) is 11.0. The molecule has 0 amide bonds. The Morgan fingerprint density at radius 2 is 2.28 bits per heavy atom. The lowest BCUT2D eigenvalue weighted by Crippen LogP contribution is -2.45. The summed E-state index contributed by atoms with van der Waals surface area (Å²) in [4.78, 5) is 2.20. The Balaban J connectivity index is 2.02. The molecule has 1 N–H and O–H groups in total. The van der Waals surface area contributed by atoms with Crippen molar-refractivity contribution in [3.05, 3.63) is 17.8 Å². The molecule has 2 atom stereocenters. The van der Waals surface area contributed by atoms with E-state index in [0.717, 1.165) is 37.4 Å². The van der Waals surface area contributed by atoms with Crippen molar-refractivity contribution in [3.63, 3.8) is 0 Å². The summed E-state index contributed by atoms with van der Waals surface area (Å²) in [5.74, 6) is 1.35. The molecule has 2 rings (SSSR count). The van der Waals surface area contributed by atoms with E-state index in [-0.39, 0.29) is 12.7 Å². The Labute approximate surface area is 108 Å². The van der Waals surface area contributed by atoms with E-state index in [0.29, 0.717) is 5.92 Å². The third-order valence-corrected chi connectivity index (χ3v) is 3.61. The molecule has 5 nitrogen and oxygen atoms in total. The lowest BCUT2D eigenvalue weighted by Gasteiger charge is -2.38. The molecular weight excluding hydrogens is 230 g/mol. The van der Waals surface area contributed by atoms with E-state index in [9.17, 15) is 0 Å². The van der Waals surface area contributed by atoms with Gasteiger partial charge in [0.05, 0.1) is 11.8 Å². The van der Waals surface area contributed by atoms with Crippen LogP contribution >= 0.6 is 0 Å². The van der Waals surface area contributed by atoms with Crippen molar-refractivity contribution in [2.24, 2.45) is 5.92 Å². The smallest absolute Gasteiger partial charge is 0.151 e. The maximum atomic E-state index is 9.05. The van der Waals surface area contributed by atoms with Gasteiger partial charge in [0.2, 0.25) is 0 Å². The highest BCUT2D eigenvalue weighted by molar-refractivity contribution is 5.38. The normalized spacial score (nSPS) is 24.3. The molecule has 18 heavy (non-hydrogen) atoms. The number of aliphatic hydroxyl groups excluding tert-OH is 1. The van der Waals surface area contributed by atoms with E-state index in [1.807, 2.05) is 19.1 Å². The highest BCUT2D eigenvalue weighted by Crippen LogP contribution is 2.25. The number of hydrogen-bond donors (Lipinski definition) is 1. The summed E-state index contributed by atoms with van der Waals surface area (Å²) >= 11 is 0. The van der Waals surface area contributed by atoms with Gasteiger partial charge in [-0.05, 0) is 37.8 Å². The fourth-order valence-corrected chi connectivity index (χ4v) is 2.50. The Hall–Kier alpha value is -1.20. The van der Waals surface area contributed by atoms with Gasteiger partial charge in [-0.15, -0.1) is 5.10 Å². The predicted octanol–water partition coefficient (Wildman–Crippen LogP) is 1.01. The van der Waals surface area contributed by atoms with Crippen molar-refractivity contribution in [1.29, 1.82) is 0 Å². The molecule has 0 aromatic carbocycles. The summed E-state index contributed by atoms with van der Waals surface area (Å²) in [5, 5.41) is 17.4. The monoisotopic (exact) mass is 251 g/mol. The van der Waals surface area contributed by atoms with Crippen LogP contribution in [-0.2, 0) is 4.74 Å². The van der Waals surface area contributed by atoms with Crippen molar-refractivity contribution in [3.8, 4) is 0 Å². The summed E-state index contributed by atoms with van der Waals surface area (Å²) in [6, 6.07) is 3.98. The van der Waals surface area contributed by atoms with Crippen LogP contribution in [0, 0.1) is 12.8 Å². The first-order valence-corrected chi connectivity index (χ1v) is 6.43. The first kappa shape index (κ1) is 13.2. The average molecular weight is 251 g/mol. The second-order valence-corrected chi connectivity index (χ2v) is 4.81. The van der Waals surface area contributed by atoms with Crippen LogP contribution in [0.2, 0.25) is 0 Å². The summed E-state index contributed by atoms with van der Waals surface area (Å²) in [5.41, 5.74) is 0.928. The Morgan fingerprint density at radius 3 is 2.89 bits per heavy atom. The van der Waals surface area contributed by atoms with Gasteiger partial charge in [-0.25, -0.2) is 0 Å². The Bertz CT molecular complexity index is 369. The minimum atomic E-state index is 0.161. The third kappa shape index (κ3) is 2.97. The number of methoxy groups -OCH3 is 1. The molecule has 0 aliphatic carbocycles. The van der Waals surface area contributed by atoms with Crippen molar-refractivity contribution < 1.29 is 9.84 Å². The zero-order valence-electron chi connectivity index (χ0n) is 11.0. The molecule has 0 saturated carbocycles. The van der Waals surface area contributed by atoms with Crippen molar-refractivity contribution >= 4 is 5.82 Å². The van der Waals surface area contributed by atoms with Crippen LogP contribution < -0.4 is 4.90 Å². The average Bonchev–Trinajstić information content (AvgIpc) is 2.40. The van der Waals surface area contributed by atoms with Crippen LogP contribution in [0.15, 0.2) is 12.1 Å². The molecule has 5 heteroatoms. The fourth-order valence-electron chi connectivity index (χ4n) is 2.50. The van der Waals surface area contributed by atoms with Crippen LogP contribution in [0.5, 0.6) is 0 Å². The number of rotatable bonds is 4. The molecule has 1 aliphatic heterocycles. The van der Waals surface area contributed by atoms with E-state index in [4.69, 9.17) is 9.84 Å². The minimum Gasteiger partial charge on any atom is -0.396 e. The Kier molecular flexibility index (Phi) is 4.49. The van der Waals surface area contributed by atoms with Crippen molar-refractivity contribution in [1.82, 2.24) is 10.2 Å². The van der Waals surface area contributed by atoms with Crippen molar-refractivity contribution in [2.45, 2.75) is 25.9 Å². The number of anilines is 1. The zero-order chi connectivity index (χ0) is 13.0. The van der Waals surface area contributed by atoms with Gasteiger partial charge in [0, 0.05) is 26.8 Å². The molecule has 1 saturated heterocycles. The molecule has 1 fully saturated rings. The summed E-state index contributed by atoms with van der Waals surface area (Å²) in [7, 11) is 1.74. The molecular formula is C13H21N3O2. The van der Waals surface area contributed by atoms with Gasteiger partial charge < -0.3 is 14.7 Å². The molecule has 1 aliphatic rings. The standard InChI is InChI=1S/C13H21N3O2/c1-10-3-4-13(15-14-10)16-7-5-11(6-8-17)12(9-16)18-2/h3-4,11-12,17H,5-9H2,1-2H3/t11-,12-/m1/s1. The van der Waals surface area contributed by atoms with Crippen LogP contribution in [0.1, 0.15) is 18.5 Å². The maximum absolute atomic E-state index is 9.05. The summed E-state index contributed by atoms with van der Waals surface area (Å²) in [6.45, 7) is 3.93. The highest BCUT2D eigenvalue weighted by Gasteiger charge is 2.29. The van der Waals surface area contributed by atoms with Gasteiger partial charge in [0.1, 0.15) is 0 Å². The number of ether oxygens (including phenoxy) is 1. The van der Waals surface area contributed by atoms with Gasteiger partial charge in [0.25, 0.3) is 0 Å². The van der Waals surface area contributed by atoms with Gasteiger partial charge in [-0.3, -0.25) is 0 Å². The van der Waals surface area contributed by atoms with Crippen LogP contribution in [-0.4, -0.2) is 48.2 Å². The molecule has 100 valence electrons. The lowest BCUT2D eigenvalue weighted by molar-refractivity contribution is 0.0317. The molecule has 0 unspecified atom stereocenters. The first-order chi connectivity index (χ1) is 8.74. The molecule has 1 aromatic rings. The highest BCUT2D eigenvalue weighted by atomic mass is 16.5. The van der Waals surface area contributed by atoms with Crippen LogP contribution in [0.25, 0.3) is 0 Å². The van der Waals surface area contributed by atoms with Gasteiger partial charge in [0.15, 0.2) is 5.82 Å². The topological polar surface area (TPSA) is 58.5 Å². The van der Waals surface area contributed by atoms with Gasteiger partial charge >= 0.3 is 0 Å². The van der Waals surface area contributed by atoms with E-state index in [1.165, 1.54) is 0 Å². The second-order valence-electron chi connectivity index (χ2n) is 4.81. The van der Waals surface area contributed by atoms with E-state index in [1.54, 1.807) is 7.11 Å². The fraction of sp³-hybridized carbons (Fsp3) is 0.692. The number of aryl methyl sites for hydroxylation is 1. The molecule has 2 heterocycles. The molecule has 0 spiro atoms. The SMILES string of the molecule is CO[C@@H]1CN(c2ccc(C)nn2)CC[C@@H]1CCO. The quantitative estimate of drug-likeness (QED) is 0.865. The summed E-state index contributed by atoms with van der Waals surface area (Å²) in [6.07, 6.45) is 1.99. The molecule has 1 aromatic heterocycles.